The minimum atomic E-state index is -3.66. The monoisotopic (exact) mass is 399 g/mol. The number of hydrogen-bond acceptors (Lipinski definition) is 4. The van der Waals surface area contributed by atoms with Crippen LogP contribution in [0.2, 0.25) is 18.1 Å². The fraction of sp³-hybridized carbons (Fsp3) is 0.684. The predicted octanol–water partition coefficient (Wildman–Crippen LogP) is 3.74. The zero-order valence-electron chi connectivity index (χ0n) is 16.8. The number of hydrogen-bond donors (Lipinski definition) is 1. The third kappa shape index (κ3) is 4.75. The van der Waals surface area contributed by atoms with Gasteiger partial charge in [-0.05, 0) is 55.9 Å². The minimum absolute atomic E-state index is 0.120. The Morgan fingerprint density at radius 3 is 2.35 bits per heavy atom. The normalized spacial score (nSPS) is 22.7. The van der Waals surface area contributed by atoms with E-state index in [1.165, 1.54) is 4.31 Å². The first-order valence-electron chi connectivity index (χ1n) is 9.25. The van der Waals surface area contributed by atoms with E-state index in [1.807, 2.05) is 6.92 Å². The molecule has 2 atom stereocenters. The van der Waals surface area contributed by atoms with Crippen LogP contribution in [0.3, 0.4) is 0 Å². The maximum absolute atomic E-state index is 12.8. The average molecular weight is 400 g/mol. The molecule has 5 nitrogen and oxygen atoms in total. The summed E-state index contributed by atoms with van der Waals surface area (Å²) in [6, 6.07) is 6.76. The van der Waals surface area contributed by atoms with E-state index in [9.17, 15) is 13.5 Å². The molecule has 0 aromatic heterocycles. The molecule has 0 radical (unpaired) electrons. The van der Waals surface area contributed by atoms with E-state index in [0.29, 0.717) is 19.6 Å². The highest BCUT2D eigenvalue weighted by Crippen LogP contribution is 2.37. The van der Waals surface area contributed by atoms with Crippen LogP contribution in [0.5, 0.6) is 0 Å². The van der Waals surface area contributed by atoms with Gasteiger partial charge in [0.2, 0.25) is 10.0 Å². The van der Waals surface area contributed by atoms with Crippen molar-refractivity contribution in [3.63, 3.8) is 0 Å². The quantitative estimate of drug-likeness (QED) is 0.740. The molecule has 0 spiro atoms. The van der Waals surface area contributed by atoms with Crippen molar-refractivity contribution in [3.8, 4) is 0 Å². The van der Waals surface area contributed by atoms with Gasteiger partial charge in [0.05, 0.1) is 4.90 Å². The Balaban J connectivity index is 1.98. The van der Waals surface area contributed by atoms with Gasteiger partial charge in [-0.2, -0.15) is 4.31 Å². The summed E-state index contributed by atoms with van der Waals surface area (Å²) in [5.41, 5.74) is 1.01. The van der Waals surface area contributed by atoms with Gasteiger partial charge in [0.15, 0.2) is 8.32 Å². The van der Waals surface area contributed by atoms with Crippen LogP contribution in [0.1, 0.15) is 39.2 Å². The van der Waals surface area contributed by atoms with Gasteiger partial charge in [0, 0.05) is 13.2 Å². The summed E-state index contributed by atoms with van der Waals surface area (Å²) in [5.74, 6) is 0.120. The summed E-state index contributed by atoms with van der Waals surface area (Å²) in [6.45, 7) is 13.9. The van der Waals surface area contributed by atoms with Crippen LogP contribution in [-0.4, -0.2) is 45.5 Å². The Morgan fingerprint density at radius 1 is 1.23 bits per heavy atom. The van der Waals surface area contributed by atoms with E-state index >= 15 is 0 Å². The number of nitrogens with zero attached hydrogens (tertiary/aromatic N) is 1. The highest BCUT2D eigenvalue weighted by Gasteiger charge is 2.40. The summed E-state index contributed by atoms with van der Waals surface area (Å²) in [7, 11) is -5.46. The molecule has 26 heavy (non-hydrogen) atoms. The van der Waals surface area contributed by atoms with Crippen LogP contribution in [0.25, 0.3) is 0 Å². The van der Waals surface area contributed by atoms with Gasteiger partial charge >= 0.3 is 0 Å². The van der Waals surface area contributed by atoms with Crippen molar-refractivity contribution < 1.29 is 18.0 Å². The highest BCUT2D eigenvalue weighted by molar-refractivity contribution is 7.89. The molecule has 1 aromatic carbocycles. The van der Waals surface area contributed by atoms with Crippen molar-refractivity contribution in [2.24, 2.45) is 5.92 Å². The van der Waals surface area contributed by atoms with Gasteiger partial charge in [-0.25, -0.2) is 8.42 Å². The number of aliphatic hydroxyl groups is 1. The minimum Gasteiger partial charge on any atom is -0.417 e. The summed E-state index contributed by atoms with van der Waals surface area (Å²) in [6.07, 6.45) is 0.272. The maximum atomic E-state index is 12.8. The number of aryl methyl sites for hydroxylation is 1. The van der Waals surface area contributed by atoms with Gasteiger partial charge in [-0.3, -0.25) is 0 Å². The zero-order chi connectivity index (χ0) is 19.8. The molecule has 1 saturated heterocycles. The lowest BCUT2D eigenvalue weighted by Gasteiger charge is -2.36. The topological polar surface area (TPSA) is 66.8 Å². The second kappa shape index (κ2) is 7.71. The molecule has 148 valence electrons. The standard InChI is InChI=1S/C19H33NO4SSi/c1-15-7-9-17(10-8-15)25(22,23)20-14-16(13-18(20)21)11-12-24-26(5,6)19(2,3)4/h7-10,16,18,21H,11-14H2,1-6H3. The second-order valence-electron chi connectivity index (χ2n) is 8.87. The zero-order valence-corrected chi connectivity index (χ0v) is 18.6. The molecule has 1 aliphatic heterocycles. The molecule has 1 fully saturated rings. The Hall–Kier alpha value is -0.733. The molecule has 2 rings (SSSR count). The SMILES string of the molecule is Cc1ccc(S(=O)(=O)N2CC(CCO[Si](C)(C)C(C)(C)C)CC2O)cc1. The smallest absolute Gasteiger partial charge is 0.245 e. The Morgan fingerprint density at radius 2 is 1.81 bits per heavy atom. The van der Waals surface area contributed by atoms with E-state index < -0.39 is 24.6 Å². The predicted molar refractivity (Wildman–Crippen MR) is 107 cm³/mol. The highest BCUT2D eigenvalue weighted by atomic mass is 32.2. The largest absolute Gasteiger partial charge is 0.417 e. The van der Waals surface area contributed by atoms with Gasteiger partial charge in [-0.15, -0.1) is 0 Å². The third-order valence-corrected chi connectivity index (χ3v) is 12.2. The maximum Gasteiger partial charge on any atom is 0.245 e. The Bertz CT molecular complexity index is 710. The van der Waals surface area contributed by atoms with Crippen molar-refractivity contribution in [2.75, 3.05) is 13.2 Å². The molecule has 0 amide bonds. The first-order chi connectivity index (χ1) is 11.8. The van der Waals surface area contributed by atoms with Crippen LogP contribution < -0.4 is 0 Å². The molecule has 1 heterocycles. The fourth-order valence-corrected chi connectivity index (χ4v) is 5.50. The number of rotatable bonds is 6. The molecule has 1 aromatic rings. The van der Waals surface area contributed by atoms with Gasteiger partial charge in [0.1, 0.15) is 6.23 Å². The fourth-order valence-electron chi connectivity index (χ4n) is 2.88. The van der Waals surface area contributed by atoms with Crippen LogP contribution in [-0.2, 0) is 14.4 Å². The van der Waals surface area contributed by atoms with Crippen molar-refractivity contribution in [2.45, 2.75) is 69.8 Å². The van der Waals surface area contributed by atoms with E-state index in [0.717, 1.165) is 12.0 Å². The molecule has 0 bridgehead atoms. The van der Waals surface area contributed by atoms with Crippen LogP contribution >= 0.6 is 0 Å². The second-order valence-corrected chi connectivity index (χ2v) is 15.6. The van der Waals surface area contributed by atoms with Gasteiger partial charge < -0.3 is 9.53 Å². The van der Waals surface area contributed by atoms with Gasteiger partial charge in [0.25, 0.3) is 0 Å². The molecule has 7 heteroatoms. The summed E-state index contributed by atoms with van der Waals surface area (Å²) in [4.78, 5) is 0.236. The van der Waals surface area contributed by atoms with E-state index in [-0.39, 0.29) is 15.9 Å². The molecular formula is C19H33NO4SSi. The van der Waals surface area contributed by atoms with Gasteiger partial charge in [-0.1, -0.05) is 38.5 Å². The number of benzene rings is 1. The third-order valence-electron chi connectivity index (χ3n) is 5.74. The van der Waals surface area contributed by atoms with Crippen molar-refractivity contribution >= 4 is 18.3 Å². The number of sulfonamides is 1. The summed E-state index contributed by atoms with van der Waals surface area (Å²) < 4.78 is 33.0. The Kier molecular flexibility index (Phi) is 6.40. The first-order valence-corrected chi connectivity index (χ1v) is 13.6. The summed E-state index contributed by atoms with van der Waals surface area (Å²) >= 11 is 0. The lowest BCUT2D eigenvalue weighted by atomic mass is 10.1. The molecule has 1 aliphatic rings. The lowest BCUT2D eigenvalue weighted by Crippen LogP contribution is -2.41. The van der Waals surface area contributed by atoms with Crippen LogP contribution in [0, 0.1) is 12.8 Å². The van der Waals surface area contributed by atoms with E-state index in [1.54, 1.807) is 24.3 Å². The van der Waals surface area contributed by atoms with E-state index in [2.05, 4.69) is 33.9 Å². The first kappa shape index (κ1) is 21.6. The molecule has 0 aliphatic carbocycles. The molecule has 0 saturated carbocycles. The lowest BCUT2D eigenvalue weighted by molar-refractivity contribution is 0.0936. The van der Waals surface area contributed by atoms with E-state index in [4.69, 9.17) is 4.43 Å². The molecular weight excluding hydrogens is 366 g/mol. The Labute approximate surface area is 159 Å². The average Bonchev–Trinajstić information content (AvgIpc) is 2.88. The molecule has 2 unspecified atom stereocenters. The van der Waals surface area contributed by atoms with Crippen molar-refractivity contribution in [1.29, 1.82) is 0 Å². The van der Waals surface area contributed by atoms with Crippen LogP contribution in [0.15, 0.2) is 29.2 Å². The van der Waals surface area contributed by atoms with Crippen LogP contribution in [0.4, 0.5) is 0 Å². The van der Waals surface area contributed by atoms with Crippen molar-refractivity contribution in [1.82, 2.24) is 4.31 Å². The molecule has 1 N–H and O–H groups in total. The number of aliphatic hydroxyl groups excluding tert-OH is 1. The van der Waals surface area contributed by atoms with Crippen molar-refractivity contribution in [3.05, 3.63) is 29.8 Å². The summed E-state index contributed by atoms with van der Waals surface area (Å²) in [5, 5.41) is 10.5.